The smallest absolute Gasteiger partial charge is 0.288 e. The summed E-state index contributed by atoms with van der Waals surface area (Å²) in [5.41, 5.74) is 5.71. The van der Waals surface area contributed by atoms with Crippen LogP contribution in [-0.2, 0) is 0 Å². The molecule has 0 saturated heterocycles. The zero-order chi connectivity index (χ0) is 12.4. The standard InChI is InChI=1S/C8H7ClN6O2/c9-5-3-4(1-2-6(5)15(16)17)11-8-12-7(10)13-14-8/h1-3H,(H4,10,11,12,13,14). The van der Waals surface area contributed by atoms with Crippen LogP contribution < -0.4 is 11.1 Å². The Labute approximate surface area is 100.0 Å². The van der Waals surface area contributed by atoms with E-state index < -0.39 is 4.92 Å². The van der Waals surface area contributed by atoms with Gasteiger partial charge in [0.1, 0.15) is 5.02 Å². The molecule has 0 radical (unpaired) electrons. The zero-order valence-corrected chi connectivity index (χ0v) is 9.10. The lowest BCUT2D eigenvalue weighted by atomic mass is 10.3. The number of hydrogen-bond donors (Lipinski definition) is 3. The van der Waals surface area contributed by atoms with Crippen molar-refractivity contribution in [3.05, 3.63) is 33.3 Å². The van der Waals surface area contributed by atoms with Crippen LogP contribution in [0, 0.1) is 10.1 Å². The van der Waals surface area contributed by atoms with Gasteiger partial charge in [0, 0.05) is 11.8 Å². The van der Waals surface area contributed by atoms with E-state index in [2.05, 4.69) is 20.5 Å². The van der Waals surface area contributed by atoms with Gasteiger partial charge in [-0.25, -0.2) is 5.10 Å². The van der Waals surface area contributed by atoms with Gasteiger partial charge in [-0.1, -0.05) is 11.6 Å². The van der Waals surface area contributed by atoms with Crippen molar-refractivity contribution in [3.63, 3.8) is 0 Å². The van der Waals surface area contributed by atoms with E-state index in [4.69, 9.17) is 17.3 Å². The van der Waals surface area contributed by atoms with Gasteiger partial charge >= 0.3 is 0 Å². The fourth-order valence-electron chi connectivity index (χ4n) is 1.19. The lowest BCUT2D eigenvalue weighted by Crippen LogP contribution is -1.94. The third-order valence-corrected chi connectivity index (χ3v) is 2.21. The molecule has 17 heavy (non-hydrogen) atoms. The summed E-state index contributed by atoms with van der Waals surface area (Å²) in [5, 5.41) is 19.6. The lowest BCUT2D eigenvalue weighted by molar-refractivity contribution is -0.384. The molecule has 0 fully saturated rings. The Morgan fingerprint density at radius 3 is 2.82 bits per heavy atom. The summed E-state index contributed by atoms with van der Waals surface area (Å²) in [6, 6.07) is 4.20. The molecule has 0 unspecified atom stereocenters. The van der Waals surface area contributed by atoms with E-state index in [1.54, 1.807) is 0 Å². The predicted molar refractivity (Wildman–Crippen MR) is 62.2 cm³/mol. The molecule has 0 atom stereocenters. The van der Waals surface area contributed by atoms with Crippen molar-refractivity contribution in [3.8, 4) is 0 Å². The number of aromatic nitrogens is 3. The van der Waals surface area contributed by atoms with Crippen LogP contribution in [0.25, 0.3) is 0 Å². The molecule has 0 aliphatic rings. The van der Waals surface area contributed by atoms with Crippen molar-refractivity contribution in [1.29, 1.82) is 0 Å². The number of nitro benzene ring substituents is 1. The molecule has 2 aromatic rings. The van der Waals surface area contributed by atoms with Crippen LogP contribution in [0.3, 0.4) is 0 Å². The molecule has 0 bridgehead atoms. The number of nitrogens with zero attached hydrogens (tertiary/aromatic N) is 3. The van der Waals surface area contributed by atoms with Crippen LogP contribution in [0.1, 0.15) is 0 Å². The molecule has 0 saturated carbocycles. The second-order valence-corrected chi connectivity index (χ2v) is 3.50. The van der Waals surface area contributed by atoms with Gasteiger partial charge in [0.05, 0.1) is 4.92 Å². The predicted octanol–water partition coefficient (Wildman–Crippen LogP) is 1.69. The van der Waals surface area contributed by atoms with Crippen LogP contribution in [0.5, 0.6) is 0 Å². The quantitative estimate of drug-likeness (QED) is 0.566. The van der Waals surface area contributed by atoms with Gasteiger partial charge in [0.2, 0.25) is 11.9 Å². The average Bonchev–Trinajstić information content (AvgIpc) is 2.63. The summed E-state index contributed by atoms with van der Waals surface area (Å²) in [6.45, 7) is 0. The molecule has 8 nitrogen and oxygen atoms in total. The van der Waals surface area contributed by atoms with Crippen LogP contribution in [0.2, 0.25) is 5.02 Å². The number of aromatic amines is 1. The molecule has 0 amide bonds. The van der Waals surface area contributed by atoms with Gasteiger partial charge in [-0.3, -0.25) is 10.1 Å². The largest absolute Gasteiger partial charge is 0.368 e. The first-order chi connectivity index (χ1) is 8.06. The molecule has 0 aliphatic heterocycles. The minimum Gasteiger partial charge on any atom is -0.368 e. The molecule has 88 valence electrons. The van der Waals surface area contributed by atoms with Crippen molar-refractivity contribution < 1.29 is 4.92 Å². The third-order valence-electron chi connectivity index (χ3n) is 1.90. The summed E-state index contributed by atoms with van der Waals surface area (Å²) in [4.78, 5) is 13.8. The Morgan fingerprint density at radius 2 is 2.29 bits per heavy atom. The van der Waals surface area contributed by atoms with Crippen LogP contribution in [0.4, 0.5) is 23.3 Å². The number of nitrogens with two attached hydrogens (primary N) is 1. The molecule has 4 N–H and O–H groups in total. The van der Waals surface area contributed by atoms with Gasteiger partial charge in [0.15, 0.2) is 0 Å². The van der Waals surface area contributed by atoms with Crippen LogP contribution in [-0.4, -0.2) is 20.1 Å². The molecular formula is C8H7ClN6O2. The van der Waals surface area contributed by atoms with Gasteiger partial charge in [0.25, 0.3) is 5.69 Å². The van der Waals surface area contributed by atoms with E-state index in [9.17, 15) is 10.1 Å². The first kappa shape index (κ1) is 11.1. The topological polar surface area (TPSA) is 123 Å². The second-order valence-electron chi connectivity index (χ2n) is 3.09. The summed E-state index contributed by atoms with van der Waals surface area (Å²) in [7, 11) is 0. The maximum absolute atomic E-state index is 10.5. The van der Waals surface area contributed by atoms with Crippen molar-refractivity contribution >= 4 is 34.9 Å². The molecule has 1 aromatic heterocycles. The highest BCUT2D eigenvalue weighted by Gasteiger charge is 2.12. The number of anilines is 3. The molecule has 2 rings (SSSR count). The minimum atomic E-state index is -0.559. The van der Waals surface area contributed by atoms with Gasteiger partial charge in [-0.2, -0.15) is 4.98 Å². The molecule has 1 aromatic carbocycles. The van der Waals surface area contributed by atoms with Crippen LogP contribution in [0.15, 0.2) is 18.2 Å². The third kappa shape index (κ3) is 2.42. The fourth-order valence-corrected chi connectivity index (χ4v) is 1.44. The Balaban J connectivity index is 2.23. The molecular weight excluding hydrogens is 248 g/mol. The second kappa shape index (κ2) is 4.26. The van der Waals surface area contributed by atoms with Gasteiger partial charge in [-0.05, 0) is 12.1 Å². The first-order valence-electron chi connectivity index (χ1n) is 4.45. The highest BCUT2D eigenvalue weighted by Crippen LogP contribution is 2.28. The maximum atomic E-state index is 10.5. The van der Waals surface area contributed by atoms with Gasteiger partial charge < -0.3 is 11.1 Å². The fraction of sp³-hybridized carbons (Fsp3) is 0. The molecule has 0 aliphatic carbocycles. The van der Waals surface area contributed by atoms with Crippen molar-refractivity contribution in [1.82, 2.24) is 15.2 Å². The van der Waals surface area contributed by atoms with E-state index in [1.165, 1.54) is 18.2 Å². The zero-order valence-electron chi connectivity index (χ0n) is 8.35. The Kier molecular flexibility index (Phi) is 2.79. The minimum absolute atomic E-state index is 0.0310. The molecule has 9 heteroatoms. The number of rotatable bonds is 3. The summed E-state index contributed by atoms with van der Waals surface area (Å²) in [6.07, 6.45) is 0. The number of nitrogens with one attached hydrogen (secondary N) is 2. The Morgan fingerprint density at radius 1 is 1.53 bits per heavy atom. The van der Waals surface area contributed by atoms with Crippen molar-refractivity contribution in [2.75, 3.05) is 11.1 Å². The molecule has 1 heterocycles. The number of benzene rings is 1. The molecule has 0 spiro atoms. The van der Waals surface area contributed by atoms with E-state index in [1.807, 2.05) is 0 Å². The Hall–Kier alpha value is -2.35. The summed E-state index contributed by atoms with van der Waals surface area (Å²) >= 11 is 5.74. The Bertz CT molecular complexity index is 569. The van der Waals surface area contributed by atoms with E-state index in [0.29, 0.717) is 5.69 Å². The van der Waals surface area contributed by atoms with Crippen LogP contribution >= 0.6 is 11.6 Å². The number of nitrogen functional groups attached to an aromatic ring is 1. The van der Waals surface area contributed by atoms with Gasteiger partial charge in [-0.15, -0.1) is 5.10 Å². The number of H-pyrrole nitrogens is 1. The van der Waals surface area contributed by atoms with E-state index in [0.717, 1.165) is 0 Å². The van der Waals surface area contributed by atoms with E-state index >= 15 is 0 Å². The first-order valence-corrected chi connectivity index (χ1v) is 4.83. The summed E-state index contributed by atoms with van der Waals surface area (Å²) in [5.74, 6) is 0.424. The SMILES string of the molecule is Nc1nc(Nc2ccc([N+](=O)[O-])c(Cl)c2)n[nH]1. The highest BCUT2D eigenvalue weighted by atomic mass is 35.5. The number of nitro groups is 1. The maximum Gasteiger partial charge on any atom is 0.288 e. The van der Waals surface area contributed by atoms with Crippen molar-refractivity contribution in [2.45, 2.75) is 0 Å². The van der Waals surface area contributed by atoms with Crippen molar-refractivity contribution in [2.24, 2.45) is 0 Å². The normalized spacial score (nSPS) is 10.2. The van der Waals surface area contributed by atoms with E-state index in [-0.39, 0.29) is 22.6 Å². The average molecular weight is 255 g/mol. The number of halogens is 1. The number of hydrogen-bond acceptors (Lipinski definition) is 6. The highest BCUT2D eigenvalue weighted by molar-refractivity contribution is 6.32. The lowest BCUT2D eigenvalue weighted by Gasteiger charge is -2.02. The monoisotopic (exact) mass is 254 g/mol. The summed E-state index contributed by atoms with van der Waals surface area (Å²) < 4.78 is 0.